The first-order valence-corrected chi connectivity index (χ1v) is 4.54. The Morgan fingerprint density at radius 3 is 2.46 bits per heavy atom. The van der Waals surface area contributed by atoms with Crippen LogP contribution in [0.5, 0.6) is 0 Å². The second-order valence-corrected chi connectivity index (χ2v) is 3.61. The van der Waals surface area contributed by atoms with E-state index in [4.69, 9.17) is 5.11 Å². The molecule has 0 spiro atoms. The summed E-state index contributed by atoms with van der Waals surface area (Å²) in [4.78, 5) is 23.5. The van der Waals surface area contributed by atoms with Crippen LogP contribution < -0.4 is 0 Å². The Bertz CT molecular complexity index is 227. The van der Waals surface area contributed by atoms with Crippen molar-refractivity contribution < 1.29 is 14.7 Å². The smallest absolute Gasteiger partial charge is 0.326 e. The number of piperidine rings is 1. The van der Waals surface area contributed by atoms with Gasteiger partial charge in [-0.05, 0) is 18.8 Å². The highest BCUT2D eigenvalue weighted by molar-refractivity contribution is 5.82. The van der Waals surface area contributed by atoms with Gasteiger partial charge in [-0.2, -0.15) is 0 Å². The molecule has 74 valence electrons. The first kappa shape index (κ1) is 10.0. The van der Waals surface area contributed by atoms with Crippen molar-refractivity contribution in [2.75, 3.05) is 6.54 Å². The van der Waals surface area contributed by atoms with Crippen molar-refractivity contribution in [3.8, 4) is 0 Å². The van der Waals surface area contributed by atoms with Crippen LogP contribution >= 0.6 is 0 Å². The van der Waals surface area contributed by atoms with Gasteiger partial charge in [0.05, 0.1) is 0 Å². The van der Waals surface area contributed by atoms with Gasteiger partial charge in [0.15, 0.2) is 0 Å². The molecule has 1 heterocycles. The molecule has 1 N–H and O–H groups in total. The summed E-state index contributed by atoms with van der Waals surface area (Å²) in [6, 6.07) is -0.619. The van der Waals surface area contributed by atoms with E-state index in [1.807, 2.05) is 6.92 Å². The SMILES string of the molecule is CC(=O)N1CCCC(C)C1C(=O)O. The molecular formula is C9H15NO3. The van der Waals surface area contributed by atoms with Crippen molar-refractivity contribution in [1.82, 2.24) is 4.90 Å². The third-order valence-corrected chi connectivity index (χ3v) is 2.59. The molecule has 4 nitrogen and oxygen atoms in total. The number of likely N-dealkylation sites (tertiary alicyclic amines) is 1. The lowest BCUT2D eigenvalue weighted by Gasteiger charge is -2.36. The maximum absolute atomic E-state index is 11.1. The zero-order valence-electron chi connectivity index (χ0n) is 7.99. The second kappa shape index (κ2) is 3.77. The van der Waals surface area contributed by atoms with Crippen molar-refractivity contribution >= 4 is 11.9 Å². The Labute approximate surface area is 77.5 Å². The van der Waals surface area contributed by atoms with Gasteiger partial charge >= 0.3 is 5.97 Å². The number of nitrogens with zero attached hydrogens (tertiary/aromatic N) is 1. The normalized spacial score (nSPS) is 28.6. The van der Waals surface area contributed by atoms with E-state index in [9.17, 15) is 9.59 Å². The number of aliphatic carboxylic acids is 1. The molecule has 1 aliphatic heterocycles. The maximum Gasteiger partial charge on any atom is 0.326 e. The van der Waals surface area contributed by atoms with Gasteiger partial charge in [0, 0.05) is 13.5 Å². The second-order valence-electron chi connectivity index (χ2n) is 3.61. The molecule has 13 heavy (non-hydrogen) atoms. The molecule has 4 heteroatoms. The number of hydrogen-bond acceptors (Lipinski definition) is 2. The maximum atomic E-state index is 11.1. The van der Waals surface area contributed by atoms with E-state index in [1.54, 1.807) is 0 Å². The van der Waals surface area contributed by atoms with Crippen LogP contribution in [0.1, 0.15) is 26.7 Å². The van der Waals surface area contributed by atoms with Crippen LogP contribution in [0.4, 0.5) is 0 Å². The highest BCUT2D eigenvalue weighted by Gasteiger charge is 2.35. The highest BCUT2D eigenvalue weighted by atomic mass is 16.4. The summed E-state index contributed by atoms with van der Waals surface area (Å²) in [6.07, 6.45) is 1.80. The molecule has 0 aliphatic carbocycles. The molecule has 1 aliphatic rings. The third kappa shape index (κ3) is 1.99. The molecule has 1 saturated heterocycles. The Hall–Kier alpha value is -1.06. The zero-order chi connectivity index (χ0) is 10.0. The zero-order valence-corrected chi connectivity index (χ0v) is 7.99. The van der Waals surface area contributed by atoms with Crippen molar-refractivity contribution in [3.05, 3.63) is 0 Å². The fraction of sp³-hybridized carbons (Fsp3) is 0.778. The predicted molar refractivity (Wildman–Crippen MR) is 47.2 cm³/mol. The van der Waals surface area contributed by atoms with Crippen molar-refractivity contribution in [3.63, 3.8) is 0 Å². The van der Waals surface area contributed by atoms with Gasteiger partial charge in [0.2, 0.25) is 5.91 Å². The molecule has 1 rings (SSSR count). The predicted octanol–water partition coefficient (Wildman–Crippen LogP) is 0.718. The fourth-order valence-electron chi connectivity index (χ4n) is 1.92. The van der Waals surface area contributed by atoms with Gasteiger partial charge in [-0.3, -0.25) is 4.79 Å². The largest absolute Gasteiger partial charge is 0.480 e. The summed E-state index contributed by atoms with van der Waals surface area (Å²) in [6.45, 7) is 3.89. The first-order chi connectivity index (χ1) is 6.04. The Balaban J connectivity index is 2.80. The molecule has 0 aromatic rings. The Morgan fingerprint density at radius 2 is 2.08 bits per heavy atom. The highest BCUT2D eigenvalue weighted by Crippen LogP contribution is 2.23. The molecule has 1 amide bonds. The number of carboxylic acid groups (broad SMARTS) is 1. The average molecular weight is 185 g/mol. The summed E-state index contributed by atoms with van der Waals surface area (Å²) in [5.41, 5.74) is 0. The molecule has 0 aromatic heterocycles. The fourth-order valence-corrected chi connectivity index (χ4v) is 1.92. The van der Waals surface area contributed by atoms with Crippen LogP contribution in [0, 0.1) is 5.92 Å². The van der Waals surface area contributed by atoms with Gasteiger partial charge in [-0.15, -0.1) is 0 Å². The number of carbonyl (C=O) groups excluding carboxylic acids is 1. The van der Waals surface area contributed by atoms with Crippen LogP contribution in [-0.4, -0.2) is 34.5 Å². The first-order valence-electron chi connectivity index (χ1n) is 4.54. The van der Waals surface area contributed by atoms with Crippen LogP contribution in [0.15, 0.2) is 0 Å². The third-order valence-electron chi connectivity index (χ3n) is 2.59. The minimum atomic E-state index is -0.887. The topological polar surface area (TPSA) is 57.6 Å². The van der Waals surface area contributed by atoms with Crippen molar-refractivity contribution in [2.24, 2.45) is 5.92 Å². The van der Waals surface area contributed by atoms with E-state index in [-0.39, 0.29) is 11.8 Å². The minimum absolute atomic E-state index is 0.0650. The number of amides is 1. The summed E-state index contributed by atoms with van der Waals surface area (Å²) >= 11 is 0. The monoisotopic (exact) mass is 185 g/mol. The van der Waals surface area contributed by atoms with E-state index in [1.165, 1.54) is 11.8 Å². The summed E-state index contributed by atoms with van der Waals surface area (Å²) in [7, 11) is 0. The Kier molecular flexibility index (Phi) is 2.90. The standard InChI is InChI=1S/C9H15NO3/c1-6-4-3-5-10(7(2)11)8(6)9(12)13/h6,8H,3-5H2,1-2H3,(H,12,13). The van der Waals surface area contributed by atoms with Crippen LogP contribution in [0.2, 0.25) is 0 Å². The molecule has 2 unspecified atom stereocenters. The van der Waals surface area contributed by atoms with Crippen LogP contribution in [-0.2, 0) is 9.59 Å². The van der Waals surface area contributed by atoms with E-state index in [2.05, 4.69) is 0 Å². The number of hydrogen-bond donors (Lipinski definition) is 1. The summed E-state index contributed by atoms with van der Waals surface area (Å²) in [5.74, 6) is -0.962. The molecular weight excluding hydrogens is 170 g/mol. The molecule has 0 radical (unpaired) electrons. The van der Waals surface area contributed by atoms with Crippen LogP contribution in [0.3, 0.4) is 0 Å². The molecule has 0 bridgehead atoms. The quantitative estimate of drug-likeness (QED) is 0.654. The lowest BCUT2D eigenvalue weighted by atomic mass is 9.91. The van der Waals surface area contributed by atoms with E-state index in [0.717, 1.165) is 12.8 Å². The van der Waals surface area contributed by atoms with Gasteiger partial charge in [-0.1, -0.05) is 6.92 Å². The molecule has 1 fully saturated rings. The van der Waals surface area contributed by atoms with Gasteiger partial charge in [0.25, 0.3) is 0 Å². The van der Waals surface area contributed by atoms with Gasteiger partial charge in [0.1, 0.15) is 6.04 Å². The lowest BCUT2D eigenvalue weighted by Crippen LogP contribution is -2.51. The average Bonchev–Trinajstić information content (AvgIpc) is 2.02. The minimum Gasteiger partial charge on any atom is -0.480 e. The van der Waals surface area contributed by atoms with Crippen molar-refractivity contribution in [1.29, 1.82) is 0 Å². The Morgan fingerprint density at radius 1 is 1.46 bits per heavy atom. The number of rotatable bonds is 1. The van der Waals surface area contributed by atoms with Crippen LogP contribution in [0.25, 0.3) is 0 Å². The molecule has 2 atom stereocenters. The van der Waals surface area contributed by atoms with Gasteiger partial charge < -0.3 is 10.0 Å². The van der Waals surface area contributed by atoms with E-state index >= 15 is 0 Å². The lowest BCUT2D eigenvalue weighted by molar-refractivity contribution is -0.153. The van der Waals surface area contributed by atoms with E-state index < -0.39 is 12.0 Å². The molecule has 0 aromatic carbocycles. The van der Waals surface area contributed by atoms with E-state index in [0.29, 0.717) is 6.54 Å². The summed E-state index contributed by atoms with van der Waals surface area (Å²) in [5, 5.41) is 8.93. The molecule has 0 saturated carbocycles. The summed E-state index contributed by atoms with van der Waals surface area (Å²) < 4.78 is 0. The van der Waals surface area contributed by atoms with Gasteiger partial charge in [-0.25, -0.2) is 4.79 Å². The van der Waals surface area contributed by atoms with Crippen molar-refractivity contribution in [2.45, 2.75) is 32.7 Å². The number of carboxylic acids is 1. The number of carbonyl (C=O) groups is 2.